The van der Waals surface area contributed by atoms with E-state index in [-0.39, 0.29) is 11.8 Å². The molecule has 136 valence electrons. The highest BCUT2D eigenvalue weighted by atomic mass is 16.5. The molecule has 26 heavy (non-hydrogen) atoms. The SMILES string of the molecule is CNC(=O)C1CCCCN1C(=O)c1ccc(-c2nccc(OC)n2)cc1. The fourth-order valence-electron chi connectivity index (χ4n) is 3.14. The van der Waals surface area contributed by atoms with Crippen molar-refractivity contribution in [3.05, 3.63) is 42.1 Å². The summed E-state index contributed by atoms with van der Waals surface area (Å²) < 4.78 is 5.11. The fourth-order valence-corrected chi connectivity index (χ4v) is 3.14. The van der Waals surface area contributed by atoms with Crippen molar-refractivity contribution in [2.24, 2.45) is 0 Å². The van der Waals surface area contributed by atoms with Crippen LogP contribution in [0.25, 0.3) is 11.4 Å². The predicted molar refractivity (Wildman–Crippen MR) is 96.8 cm³/mol. The van der Waals surface area contributed by atoms with Gasteiger partial charge in [0.25, 0.3) is 5.91 Å². The lowest BCUT2D eigenvalue weighted by atomic mass is 9.99. The van der Waals surface area contributed by atoms with Crippen LogP contribution in [0.15, 0.2) is 36.5 Å². The largest absolute Gasteiger partial charge is 0.481 e. The first-order chi connectivity index (χ1) is 12.6. The third kappa shape index (κ3) is 3.66. The number of methoxy groups -OCH3 is 1. The van der Waals surface area contributed by atoms with E-state index < -0.39 is 6.04 Å². The molecule has 1 aromatic heterocycles. The minimum atomic E-state index is -0.400. The zero-order chi connectivity index (χ0) is 18.5. The molecule has 1 fully saturated rings. The minimum absolute atomic E-state index is 0.112. The van der Waals surface area contributed by atoms with Gasteiger partial charge >= 0.3 is 0 Å². The van der Waals surface area contributed by atoms with E-state index in [1.54, 1.807) is 55.6 Å². The van der Waals surface area contributed by atoms with Crippen molar-refractivity contribution in [3.63, 3.8) is 0 Å². The quantitative estimate of drug-likeness (QED) is 0.906. The van der Waals surface area contributed by atoms with E-state index in [0.717, 1.165) is 18.4 Å². The van der Waals surface area contributed by atoms with Gasteiger partial charge < -0.3 is 15.0 Å². The van der Waals surface area contributed by atoms with Gasteiger partial charge in [0.2, 0.25) is 11.8 Å². The Kier molecular flexibility index (Phi) is 5.46. The number of carbonyl (C=O) groups excluding carboxylic acids is 2. The van der Waals surface area contributed by atoms with Gasteiger partial charge in [-0.1, -0.05) is 12.1 Å². The van der Waals surface area contributed by atoms with Crippen molar-refractivity contribution in [2.45, 2.75) is 25.3 Å². The van der Waals surface area contributed by atoms with Gasteiger partial charge in [0.05, 0.1) is 7.11 Å². The number of carbonyl (C=O) groups is 2. The summed E-state index contributed by atoms with van der Waals surface area (Å²) in [4.78, 5) is 35.1. The Morgan fingerprint density at radius 3 is 2.65 bits per heavy atom. The molecule has 0 bridgehead atoms. The first-order valence-electron chi connectivity index (χ1n) is 8.64. The molecule has 0 aliphatic carbocycles. The van der Waals surface area contributed by atoms with Crippen LogP contribution in [-0.4, -0.2) is 53.4 Å². The zero-order valence-corrected chi connectivity index (χ0v) is 14.9. The molecule has 3 rings (SSSR count). The molecular formula is C19H22N4O3. The number of piperidine rings is 1. The van der Waals surface area contributed by atoms with Gasteiger partial charge in [-0.3, -0.25) is 9.59 Å². The minimum Gasteiger partial charge on any atom is -0.481 e. The Labute approximate surface area is 152 Å². The average molecular weight is 354 g/mol. The maximum Gasteiger partial charge on any atom is 0.254 e. The van der Waals surface area contributed by atoms with Gasteiger partial charge in [-0.05, 0) is 31.4 Å². The molecule has 0 spiro atoms. The first kappa shape index (κ1) is 17.8. The number of hydrogen-bond donors (Lipinski definition) is 1. The maximum atomic E-state index is 12.9. The maximum absolute atomic E-state index is 12.9. The van der Waals surface area contributed by atoms with Crippen LogP contribution in [0.4, 0.5) is 0 Å². The number of rotatable bonds is 4. The molecule has 0 radical (unpaired) electrons. The number of benzene rings is 1. The Balaban J connectivity index is 1.80. The summed E-state index contributed by atoms with van der Waals surface area (Å²) in [6, 6.07) is 8.38. The van der Waals surface area contributed by atoms with Gasteiger partial charge in [0.15, 0.2) is 5.82 Å². The van der Waals surface area contributed by atoms with E-state index in [1.165, 1.54) is 0 Å². The zero-order valence-electron chi connectivity index (χ0n) is 14.9. The molecule has 1 unspecified atom stereocenters. The molecule has 1 atom stereocenters. The fraction of sp³-hybridized carbons (Fsp3) is 0.368. The molecule has 2 aromatic rings. The van der Waals surface area contributed by atoms with E-state index in [1.807, 2.05) is 0 Å². The molecule has 7 nitrogen and oxygen atoms in total. The number of hydrogen-bond acceptors (Lipinski definition) is 5. The van der Waals surface area contributed by atoms with Gasteiger partial charge in [0, 0.05) is 37.0 Å². The Morgan fingerprint density at radius 1 is 1.19 bits per heavy atom. The van der Waals surface area contributed by atoms with Gasteiger partial charge in [-0.15, -0.1) is 0 Å². The van der Waals surface area contributed by atoms with Crippen LogP contribution in [0.5, 0.6) is 5.88 Å². The second-order valence-corrected chi connectivity index (χ2v) is 6.12. The smallest absolute Gasteiger partial charge is 0.254 e. The van der Waals surface area contributed by atoms with Crippen LogP contribution < -0.4 is 10.1 Å². The Bertz CT molecular complexity index is 792. The van der Waals surface area contributed by atoms with Crippen molar-refractivity contribution >= 4 is 11.8 Å². The van der Waals surface area contributed by atoms with Crippen molar-refractivity contribution < 1.29 is 14.3 Å². The Morgan fingerprint density at radius 2 is 1.96 bits per heavy atom. The lowest BCUT2D eigenvalue weighted by Crippen LogP contribution is -2.51. The molecule has 7 heteroatoms. The summed E-state index contributed by atoms with van der Waals surface area (Å²) in [5.74, 6) is 0.775. The van der Waals surface area contributed by atoms with Gasteiger partial charge in [-0.25, -0.2) is 4.98 Å². The van der Waals surface area contributed by atoms with Crippen molar-refractivity contribution in [1.29, 1.82) is 0 Å². The van der Waals surface area contributed by atoms with E-state index in [4.69, 9.17) is 4.74 Å². The molecule has 1 N–H and O–H groups in total. The van der Waals surface area contributed by atoms with E-state index in [2.05, 4.69) is 15.3 Å². The molecule has 1 saturated heterocycles. The van der Waals surface area contributed by atoms with Crippen LogP contribution in [0.1, 0.15) is 29.6 Å². The van der Waals surface area contributed by atoms with E-state index in [9.17, 15) is 9.59 Å². The number of ether oxygens (including phenoxy) is 1. The molecule has 2 amide bonds. The Hall–Kier alpha value is -2.96. The molecular weight excluding hydrogens is 332 g/mol. The van der Waals surface area contributed by atoms with Gasteiger partial charge in [-0.2, -0.15) is 4.98 Å². The summed E-state index contributed by atoms with van der Waals surface area (Å²) in [6.07, 6.45) is 4.19. The highest BCUT2D eigenvalue weighted by Crippen LogP contribution is 2.22. The first-order valence-corrected chi connectivity index (χ1v) is 8.64. The van der Waals surface area contributed by atoms with Crippen LogP contribution in [0.2, 0.25) is 0 Å². The molecule has 0 saturated carbocycles. The number of likely N-dealkylation sites (tertiary alicyclic amines) is 1. The van der Waals surface area contributed by atoms with Crippen LogP contribution in [-0.2, 0) is 4.79 Å². The van der Waals surface area contributed by atoms with Crippen LogP contribution in [0.3, 0.4) is 0 Å². The highest BCUT2D eigenvalue weighted by Gasteiger charge is 2.31. The lowest BCUT2D eigenvalue weighted by molar-refractivity contribution is -0.126. The standard InChI is InChI=1S/C19H22N4O3/c1-20-18(24)15-5-3-4-12-23(15)19(25)14-8-6-13(7-9-14)17-21-11-10-16(22-17)26-2/h6-11,15H,3-5,12H2,1-2H3,(H,20,24). The number of nitrogens with zero attached hydrogens (tertiary/aromatic N) is 3. The monoisotopic (exact) mass is 354 g/mol. The summed E-state index contributed by atoms with van der Waals surface area (Å²) >= 11 is 0. The van der Waals surface area contributed by atoms with Crippen molar-refractivity contribution in [1.82, 2.24) is 20.2 Å². The van der Waals surface area contributed by atoms with Crippen molar-refractivity contribution in [2.75, 3.05) is 20.7 Å². The second kappa shape index (κ2) is 7.95. The van der Waals surface area contributed by atoms with Gasteiger partial charge in [0.1, 0.15) is 6.04 Å². The molecule has 1 aliphatic heterocycles. The third-order valence-corrected chi connectivity index (χ3v) is 4.54. The molecule has 2 heterocycles. The lowest BCUT2D eigenvalue weighted by Gasteiger charge is -2.34. The summed E-state index contributed by atoms with van der Waals surface area (Å²) in [5, 5.41) is 2.65. The average Bonchev–Trinajstić information content (AvgIpc) is 2.72. The highest BCUT2D eigenvalue weighted by molar-refractivity contribution is 5.98. The summed E-state index contributed by atoms with van der Waals surface area (Å²) in [5.41, 5.74) is 1.34. The normalized spacial score (nSPS) is 16.8. The summed E-state index contributed by atoms with van der Waals surface area (Å²) in [7, 11) is 3.15. The second-order valence-electron chi connectivity index (χ2n) is 6.12. The van der Waals surface area contributed by atoms with E-state index in [0.29, 0.717) is 30.2 Å². The number of amides is 2. The molecule has 1 aliphatic rings. The topological polar surface area (TPSA) is 84.4 Å². The van der Waals surface area contributed by atoms with Crippen LogP contribution in [0, 0.1) is 0 Å². The third-order valence-electron chi connectivity index (χ3n) is 4.54. The molecule has 1 aromatic carbocycles. The predicted octanol–water partition coefficient (Wildman–Crippen LogP) is 1.89. The number of likely N-dealkylation sites (N-methyl/N-ethyl adjacent to an activating group) is 1. The number of nitrogens with one attached hydrogen (secondary N) is 1. The van der Waals surface area contributed by atoms with Crippen molar-refractivity contribution in [3.8, 4) is 17.3 Å². The number of aromatic nitrogens is 2. The van der Waals surface area contributed by atoms with E-state index >= 15 is 0 Å². The van der Waals surface area contributed by atoms with Crippen LogP contribution >= 0.6 is 0 Å². The summed E-state index contributed by atoms with van der Waals surface area (Å²) in [6.45, 7) is 0.595.